The number of anilines is 4. The van der Waals surface area contributed by atoms with Crippen molar-refractivity contribution in [1.82, 2.24) is 0 Å². The number of thiocarbonyl (C=S) groups is 1. The second kappa shape index (κ2) is 9.57. The largest absolute Gasteiger partial charge is 0.339 e. The van der Waals surface area contributed by atoms with E-state index in [0.717, 1.165) is 17.1 Å². The van der Waals surface area contributed by atoms with Gasteiger partial charge in [-0.05, 0) is 86.1 Å². The molecule has 0 spiro atoms. The van der Waals surface area contributed by atoms with Gasteiger partial charge in [0.1, 0.15) is 0 Å². The van der Waals surface area contributed by atoms with Gasteiger partial charge in [0.15, 0.2) is 5.11 Å². The van der Waals surface area contributed by atoms with Crippen LogP contribution in [0.1, 0.15) is 39.2 Å². The van der Waals surface area contributed by atoms with Crippen molar-refractivity contribution in [3.63, 3.8) is 0 Å². The van der Waals surface area contributed by atoms with Crippen LogP contribution in [0.3, 0.4) is 0 Å². The van der Waals surface area contributed by atoms with Gasteiger partial charge in [-0.3, -0.25) is 0 Å². The van der Waals surface area contributed by atoms with Crippen molar-refractivity contribution in [3.05, 3.63) is 84.4 Å². The number of nitrogens with one attached hydrogen (secondary N) is 2. The standard InChI is InChI=1S/C25H29N3S/c1-18(2)20-10-12-21(13-11-20)26-25(29)27-22-14-16-24(17-15-22)28(19(3)4)23-8-6-5-7-9-23/h5-19H,1-4H3,(H2,26,27,29). The average molecular weight is 404 g/mol. The first-order valence-corrected chi connectivity index (χ1v) is 10.5. The van der Waals surface area contributed by atoms with E-state index < -0.39 is 0 Å². The smallest absolute Gasteiger partial charge is 0.175 e. The van der Waals surface area contributed by atoms with Gasteiger partial charge in [-0.25, -0.2) is 0 Å². The van der Waals surface area contributed by atoms with E-state index in [1.807, 2.05) is 6.07 Å². The van der Waals surface area contributed by atoms with Crippen LogP contribution in [0.2, 0.25) is 0 Å². The Morgan fingerprint density at radius 2 is 1.17 bits per heavy atom. The minimum atomic E-state index is 0.354. The van der Waals surface area contributed by atoms with Crippen molar-refractivity contribution >= 4 is 40.1 Å². The highest BCUT2D eigenvalue weighted by Crippen LogP contribution is 2.28. The molecule has 3 aromatic carbocycles. The van der Waals surface area contributed by atoms with Gasteiger partial charge in [-0.1, -0.05) is 44.2 Å². The van der Waals surface area contributed by atoms with Gasteiger partial charge in [0, 0.05) is 28.8 Å². The lowest BCUT2D eigenvalue weighted by molar-refractivity contribution is 0.789. The minimum absolute atomic E-state index is 0.354. The molecule has 0 saturated carbocycles. The number of benzene rings is 3. The number of hydrogen-bond acceptors (Lipinski definition) is 2. The first kappa shape index (κ1) is 20.9. The van der Waals surface area contributed by atoms with E-state index in [1.165, 1.54) is 11.3 Å². The topological polar surface area (TPSA) is 27.3 Å². The predicted octanol–water partition coefficient (Wildman–Crippen LogP) is 7.17. The van der Waals surface area contributed by atoms with Gasteiger partial charge in [0.2, 0.25) is 0 Å². The lowest BCUT2D eigenvalue weighted by Crippen LogP contribution is -2.25. The summed E-state index contributed by atoms with van der Waals surface area (Å²) in [6, 6.07) is 27.6. The highest BCUT2D eigenvalue weighted by atomic mass is 32.1. The zero-order chi connectivity index (χ0) is 20.8. The third-order valence-corrected chi connectivity index (χ3v) is 4.99. The number of rotatable bonds is 6. The van der Waals surface area contributed by atoms with Crippen LogP contribution < -0.4 is 15.5 Å². The number of nitrogens with zero attached hydrogens (tertiary/aromatic N) is 1. The Hall–Kier alpha value is -2.85. The highest BCUT2D eigenvalue weighted by molar-refractivity contribution is 7.80. The lowest BCUT2D eigenvalue weighted by atomic mass is 10.0. The molecule has 0 radical (unpaired) electrons. The quantitative estimate of drug-likeness (QED) is 0.427. The summed E-state index contributed by atoms with van der Waals surface area (Å²) in [5, 5.41) is 7.09. The van der Waals surface area contributed by atoms with Crippen molar-refractivity contribution in [3.8, 4) is 0 Å². The Kier molecular flexibility index (Phi) is 6.89. The summed E-state index contributed by atoms with van der Waals surface area (Å²) < 4.78 is 0. The van der Waals surface area contributed by atoms with Gasteiger partial charge in [0.25, 0.3) is 0 Å². The Bertz CT molecular complexity index is 917. The first-order valence-electron chi connectivity index (χ1n) is 10.1. The molecule has 0 aliphatic rings. The molecule has 0 amide bonds. The monoisotopic (exact) mass is 403 g/mol. The molecular weight excluding hydrogens is 374 g/mol. The van der Waals surface area contributed by atoms with Crippen molar-refractivity contribution in [2.75, 3.05) is 15.5 Å². The SMILES string of the molecule is CC(C)c1ccc(NC(=S)Nc2ccc(N(c3ccccc3)C(C)C)cc2)cc1. The van der Waals surface area contributed by atoms with E-state index in [2.05, 4.69) is 116 Å². The maximum Gasteiger partial charge on any atom is 0.175 e. The van der Waals surface area contributed by atoms with Crippen molar-refractivity contribution < 1.29 is 0 Å². The molecule has 0 atom stereocenters. The molecule has 4 heteroatoms. The van der Waals surface area contributed by atoms with Crippen molar-refractivity contribution in [1.29, 1.82) is 0 Å². The molecule has 3 nitrogen and oxygen atoms in total. The average Bonchev–Trinajstić information content (AvgIpc) is 2.70. The molecule has 0 bridgehead atoms. The fourth-order valence-corrected chi connectivity index (χ4v) is 3.52. The van der Waals surface area contributed by atoms with E-state index in [0.29, 0.717) is 17.1 Å². The summed E-state index contributed by atoms with van der Waals surface area (Å²) in [6.07, 6.45) is 0. The van der Waals surface area contributed by atoms with E-state index in [9.17, 15) is 0 Å². The Morgan fingerprint density at radius 1 is 0.690 bits per heavy atom. The molecule has 3 aromatic rings. The molecule has 0 heterocycles. The van der Waals surface area contributed by atoms with E-state index in [1.54, 1.807) is 0 Å². The molecule has 0 fully saturated rings. The molecule has 150 valence electrons. The summed E-state index contributed by atoms with van der Waals surface area (Å²) in [5.41, 5.74) is 5.60. The van der Waals surface area contributed by atoms with Crippen LogP contribution >= 0.6 is 12.2 Å². The highest BCUT2D eigenvalue weighted by Gasteiger charge is 2.12. The fourth-order valence-electron chi connectivity index (χ4n) is 3.28. The number of hydrogen-bond donors (Lipinski definition) is 2. The molecule has 2 N–H and O–H groups in total. The third-order valence-electron chi connectivity index (χ3n) is 4.79. The Morgan fingerprint density at radius 3 is 1.66 bits per heavy atom. The molecule has 0 unspecified atom stereocenters. The maximum absolute atomic E-state index is 5.47. The van der Waals surface area contributed by atoms with Crippen LogP contribution in [-0.2, 0) is 0 Å². The zero-order valence-electron chi connectivity index (χ0n) is 17.5. The van der Waals surface area contributed by atoms with Crippen LogP contribution in [0.25, 0.3) is 0 Å². The zero-order valence-corrected chi connectivity index (χ0v) is 18.3. The number of para-hydroxylation sites is 1. The summed E-state index contributed by atoms with van der Waals surface area (Å²) >= 11 is 5.47. The van der Waals surface area contributed by atoms with E-state index >= 15 is 0 Å². The van der Waals surface area contributed by atoms with Crippen LogP contribution in [0.15, 0.2) is 78.9 Å². The van der Waals surface area contributed by atoms with Crippen molar-refractivity contribution in [2.24, 2.45) is 0 Å². The van der Waals surface area contributed by atoms with Gasteiger partial charge in [-0.2, -0.15) is 0 Å². The summed E-state index contributed by atoms with van der Waals surface area (Å²) in [6.45, 7) is 8.78. The van der Waals surface area contributed by atoms with E-state index in [-0.39, 0.29) is 0 Å². The van der Waals surface area contributed by atoms with Gasteiger partial charge < -0.3 is 15.5 Å². The van der Waals surface area contributed by atoms with Crippen LogP contribution in [-0.4, -0.2) is 11.2 Å². The second-order valence-corrected chi connectivity index (χ2v) is 8.11. The maximum atomic E-state index is 5.47. The molecule has 3 rings (SSSR count). The van der Waals surface area contributed by atoms with Crippen LogP contribution in [0.4, 0.5) is 22.7 Å². The summed E-state index contributed by atoms with van der Waals surface area (Å²) in [4.78, 5) is 2.32. The molecular formula is C25H29N3S. The Balaban J connectivity index is 1.66. The van der Waals surface area contributed by atoms with Crippen molar-refractivity contribution in [2.45, 2.75) is 39.7 Å². The molecule has 0 aliphatic heterocycles. The second-order valence-electron chi connectivity index (χ2n) is 7.70. The van der Waals surface area contributed by atoms with Crippen LogP contribution in [0, 0.1) is 0 Å². The van der Waals surface area contributed by atoms with Gasteiger partial charge >= 0.3 is 0 Å². The summed E-state index contributed by atoms with van der Waals surface area (Å²) in [5.74, 6) is 0.522. The predicted molar refractivity (Wildman–Crippen MR) is 131 cm³/mol. The normalized spacial score (nSPS) is 10.8. The Labute approximate surface area is 179 Å². The molecule has 0 saturated heterocycles. The van der Waals surface area contributed by atoms with Crippen LogP contribution in [0.5, 0.6) is 0 Å². The minimum Gasteiger partial charge on any atom is -0.339 e. The van der Waals surface area contributed by atoms with E-state index in [4.69, 9.17) is 12.2 Å². The summed E-state index contributed by atoms with van der Waals surface area (Å²) in [7, 11) is 0. The van der Waals surface area contributed by atoms with Gasteiger partial charge in [0.05, 0.1) is 0 Å². The molecule has 0 aliphatic carbocycles. The lowest BCUT2D eigenvalue weighted by Gasteiger charge is -2.29. The van der Waals surface area contributed by atoms with Gasteiger partial charge in [-0.15, -0.1) is 0 Å². The molecule has 0 aromatic heterocycles. The fraction of sp³-hybridized carbons (Fsp3) is 0.240. The third kappa shape index (κ3) is 5.58. The molecule has 29 heavy (non-hydrogen) atoms. The first-order chi connectivity index (χ1) is 13.9.